The third-order valence-corrected chi connectivity index (χ3v) is 4.06. The molecule has 1 aliphatic rings. The number of carbonyl (C=O) groups excluding carboxylic acids is 1. The number of halogens is 1. The predicted molar refractivity (Wildman–Crippen MR) is 70.2 cm³/mol. The van der Waals surface area contributed by atoms with Gasteiger partial charge in [-0.15, -0.1) is 0 Å². The molecule has 1 unspecified atom stereocenters. The van der Waals surface area contributed by atoms with Crippen LogP contribution in [0.3, 0.4) is 0 Å². The first-order chi connectivity index (χ1) is 7.93. The van der Waals surface area contributed by atoms with Gasteiger partial charge in [0.2, 0.25) is 0 Å². The van der Waals surface area contributed by atoms with Gasteiger partial charge in [-0.1, -0.05) is 51.6 Å². The van der Waals surface area contributed by atoms with Crippen LogP contribution in [0.25, 0.3) is 0 Å². The molecular formula is C13H24ClNO2. The summed E-state index contributed by atoms with van der Waals surface area (Å²) in [6, 6.07) is 0. The van der Waals surface area contributed by atoms with Gasteiger partial charge in [-0.05, 0) is 18.3 Å². The lowest BCUT2D eigenvalue weighted by Crippen LogP contribution is -2.38. The molecule has 1 aliphatic carbocycles. The quantitative estimate of drug-likeness (QED) is 0.780. The molecule has 1 saturated carbocycles. The summed E-state index contributed by atoms with van der Waals surface area (Å²) in [5.74, 6) is 0.132. The summed E-state index contributed by atoms with van der Waals surface area (Å²) in [6.07, 6.45) is 5.81. The first kappa shape index (κ1) is 14.6. The van der Waals surface area contributed by atoms with Crippen LogP contribution in [0.5, 0.6) is 0 Å². The van der Waals surface area contributed by atoms with Crippen LogP contribution in [-0.4, -0.2) is 18.2 Å². The van der Waals surface area contributed by atoms with Gasteiger partial charge in [-0.2, -0.15) is 0 Å². The molecule has 0 aromatic carbocycles. The van der Waals surface area contributed by atoms with E-state index in [1.807, 2.05) is 13.8 Å². The molecule has 1 amide bonds. The topological polar surface area (TPSA) is 38.3 Å². The van der Waals surface area contributed by atoms with Gasteiger partial charge in [0, 0.05) is 12.5 Å². The number of alkyl halides is 1. The molecule has 3 nitrogen and oxygen atoms in total. The van der Waals surface area contributed by atoms with Gasteiger partial charge in [-0.25, -0.2) is 4.79 Å². The van der Waals surface area contributed by atoms with Crippen molar-refractivity contribution in [3.63, 3.8) is 0 Å². The average molecular weight is 262 g/mol. The number of ether oxygens (including phenoxy) is 1. The van der Waals surface area contributed by atoms with Crippen LogP contribution in [0, 0.1) is 11.3 Å². The van der Waals surface area contributed by atoms with E-state index in [4.69, 9.17) is 16.3 Å². The zero-order valence-corrected chi connectivity index (χ0v) is 11.8. The number of hydrogen-bond acceptors (Lipinski definition) is 2. The molecule has 0 aromatic heterocycles. The second-order valence-corrected chi connectivity index (χ2v) is 6.16. The van der Waals surface area contributed by atoms with E-state index >= 15 is 0 Å². The summed E-state index contributed by atoms with van der Waals surface area (Å²) < 4.78 is 5.06. The molecule has 0 aliphatic heterocycles. The molecule has 0 spiro atoms. The highest BCUT2D eigenvalue weighted by Gasteiger charge is 2.27. The zero-order chi connectivity index (χ0) is 12.9. The van der Waals surface area contributed by atoms with Gasteiger partial charge in [0.1, 0.15) is 0 Å². The van der Waals surface area contributed by atoms with Gasteiger partial charge < -0.3 is 10.1 Å². The van der Waals surface area contributed by atoms with Crippen molar-refractivity contribution in [3.8, 4) is 0 Å². The van der Waals surface area contributed by atoms with E-state index in [1.54, 1.807) is 0 Å². The number of hydrogen-bond donors (Lipinski definition) is 1. The maximum atomic E-state index is 11.5. The third-order valence-electron chi connectivity index (χ3n) is 3.46. The van der Waals surface area contributed by atoms with E-state index in [-0.39, 0.29) is 11.3 Å². The lowest BCUT2D eigenvalue weighted by atomic mass is 9.76. The van der Waals surface area contributed by atoms with Crippen LogP contribution < -0.4 is 5.32 Å². The summed E-state index contributed by atoms with van der Waals surface area (Å²) in [4.78, 5) is 11.5. The molecule has 0 radical (unpaired) electrons. The van der Waals surface area contributed by atoms with Crippen molar-refractivity contribution in [1.29, 1.82) is 0 Å². The number of nitrogens with one attached hydrogen (secondary N) is 1. The van der Waals surface area contributed by atoms with Crippen molar-refractivity contribution in [2.75, 3.05) is 6.54 Å². The number of carbonyl (C=O) groups is 1. The van der Waals surface area contributed by atoms with E-state index < -0.39 is 11.7 Å². The first-order valence-electron chi connectivity index (χ1n) is 6.51. The Labute approximate surface area is 109 Å². The minimum Gasteiger partial charge on any atom is -0.430 e. The molecule has 1 N–H and O–H groups in total. The van der Waals surface area contributed by atoms with Crippen molar-refractivity contribution in [3.05, 3.63) is 0 Å². The first-order valence-corrected chi connectivity index (χ1v) is 6.95. The van der Waals surface area contributed by atoms with Crippen LogP contribution in [0.1, 0.15) is 52.9 Å². The molecule has 1 rings (SSSR count). The SMILES string of the molecule is CC(C)C(Cl)OC(=O)NCC1(C)CCCCC1. The van der Waals surface area contributed by atoms with E-state index in [9.17, 15) is 4.79 Å². The molecule has 1 atom stereocenters. The largest absolute Gasteiger partial charge is 0.430 e. The van der Waals surface area contributed by atoms with E-state index in [0.29, 0.717) is 6.54 Å². The Morgan fingerprint density at radius 1 is 1.35 bits per heavy atom. The van der Waals surface area contributed by atoms with Crippen LogP contribution >= 0.6 is 11.6 Å². The Balaban J connectivity index is 2.27. The fourth-order valence-corrected chi connectivity index (χ4v) is 2.23. The summed E-state index contributed by atoms with van der Waals surface area (Å²) in [5.41, 5.74) is -0.314. The second-order valence-electron chi connectivity index (χ2n) is 5.73. The van der Waals surface area contributed by atoms with Gasteiger partial charge in [0.15, 0.2) is 5.56 Å². The lowest BCUT2D eigenvalue weighted by Gasteiger charge is -2.33. The Bertz CT molecular complexity index is 250. The summed E-state index contributed by atoms with van der Waals surface area (Å²) in [7, 11) is 0. The number of alkyl carbamates (subject to hydrolysis) is 1. The molecule has 4 heteroatoms. The maximum Gasteiger partial charge on any atom is 0.408 e. The molecule has 17 heavy (non-hydrogen) atoms. The standard InChI is InChI=1S/C13H24ClNO2/c1-10(2)11(14)17-12(16)15-9-13(3)7-5-4-6-8-13/h10-11H,4-9H2,1-3H3,(H,15,16). The van der Waals surface area contributed by atoms with Crippen LogP contribution in [0.4, 0.5) is 4.79 Å². The molecule has 1 fully saturated rings. The molecule has 0 saturated heterocycles. The van der Waals surface area contributed by atoms with Gasteiger partial charge in [-0.3, -0.25) is 0 Å². The van der Waals surface area contributed by atoms with Crippen molar-refractivity contribution in [2.24, 2.45) is 11.3 Å². The van der Waals surface area contributed by atoms with E-state index in [2.05, 4.69) is 12.2 Å². The number of rotatable bonds is 4. The molecule has 0 bridgehead atoms. The zero-order valence-electron chi connectivity index (χ0n) is 11.1. The van der Waals surface area contributed by atoms with Gasteiger partial charge in [0.05, 0.1) is 0 Å². The maximum absolute atomic E-state index is 11.5. The third kappa shape index (κ3) is 5.15. The van der Waals surface area contributed by atoms with Crippen LogP contribution in [0.15, 0.2) is 0 Å². The van der Waals surface area contributed by atoms with Crippen LogP contribution in [0.2, 0.25) is 0 Å². The highest BCUT2D eigenvalue weighted by molar-refractivity contribution is 6.20. The molecule has 0 heterocycles. The van der Waals surface area contributed by atoms with Crippen molar-refractivity contribution >= 4 is 17.7 Å². The van der Waals surface area contributed by atoms with E-state index in [1.165, 1.54) is 32.1 Å². The van der Waals surface area contributed by atoms with E-state index in [0.717, 1.165) is 0 Å². The minimum atomic E-state index is -0.547. The lowest BCUT2D eigenvalue weighted by molar-refractivity contribution is 0.106. The highest BCUT2D eigenvalue weighted by atomic mass is 35.5. The summed E-state index contributed by atoms with van der Waals surface area (Å²) >= 11 is 5.88. The second kappa shape index (κ2) is 6.48. The van der Waals surface area contributed by atoms with Gasteiger partial charge in [0.25, 0.3) is 0 Å². The molecular weight excluding hydrogens is 238 g/mol. The Morgan fingerprint density at radius 2 is 1.94 bits per heavy atom. The normalized spacial score (nSPS) is 21.0. The predicted octanol–water partition coefficient (Wildman–Crippen LogP) is 3.90. The Hall–Kier alpha value is -0.440. The highest BCUT2D eigenvalue weighted by Crippen LogP contribution is 2.34. The molecule has 0 aromatic rings. The van der Waals surface area contributed by atoms with Crippen molar-refractivity contribution in [2.45, 2.75) is 58.4 Å². The fraction of sp³-hybridized carbons (Fsp3) is 0.923. The van der Waals surface area contributed by atoms with Crippen molar-refractivity contribution in [1.82, 2.24) is 5.32 Å². The summed E-state index contributed by atoms with van der Waals surface area (Å²) in [5, 5.41) is 2.83. The molecule has 100 valence electrons. The Kier molecular flexibility index (Phi) is 5.57. The summed E-state index contributed by atoms with van der Waals surface area (Å²) in [6.45, 7) is 6.77. The minimum absolute atomic E-state index is 0.132. The number of amides is 1. The average Bonchev–Trinajstić information content (AvgIpc) is 2.27. The van der Waals surface area contributed by atoms with Crippen molar-refractivity contribution < 1.29 is 9.53 Å². The fourth-order valence-electron chi connectivity index (χ4n) is 2.15. The Morgan fingerprint density at radius 3 is 2.47 bits per heavy atom. The smallest absolute Gasteiger partial charge is 0.408 e. The van der Waals surface area contributed by atoms with Gasteiger partial charge >= 0.3 is 6.09 Å². The monoisotopic (exact) mass is 261 g/mol. The van der Waals surface area contributed by atoms with Crippen LogP contribution in [-0.2, 0) is 4.74 Å².